The number of rotatable bonds is 4. The lowest BCUT2D eigenvalue weighted by Gasteiger charge is -2.12. The van der Waals surface area contributed by atoms with Gasteiger partial charge in [-0.05, 0) is 53.6 Å². The zero-order valence-corrected chi connectivity index (χ0v) is 13.7. The highest BCUT2D eigenvalue weighted by atomic mass is 19.1. The number of anilines is 1. The van der Waals surface area contributed by atoms with Crippen LogP contribution in [0.5, 0.6) is 0 Å². The van der Waals surface area contributed by atoms with Crippen LogP contribution in [0.4, 0.5) is 18.9 Å². The Morgan fingerprint density at radius 2 is 1.59 bits per heavy atom. The fourth-order valence-corrected chi connectivity index (χ4v) is 2.55. The highest BCUT2D eigenvalue weighted by molar-refractivity contribution is 6.09. The predicted octanol–water partition coefficient (Wildman–Crippen LogP) is 4.72. The number of hydrogen-bond acceptors (Lipinski definition) is 2. The predicted molar refractivity (Wildman–Crippen MR) is 93.1 cm³/mol. The van der Waals surface area contributed by atoms with Crippen LogP contribution in [0.3, 0.4) is 0 Å². The fourth-order valence-electron chi connectivity index (χ4n) is 2.55. The maximum atomic E-state index is 14.0. The number of carboxylic acid groups (broad SMARTS) is 1. The minimum atomic E-state index is -1.31. The van der Waals surface area contributed by atoms with Gasteiger partial charge in [-0.15, -0.1) is 0 Å². The maximum absolute atomic E-state index is 14.0. The Balaban J connectivity index is 1.98. The molecule has 7 heteroatoms. The Morgan fingerprint density at radius 3 is 2.26 bits per heavy atom. The van der Waals surface area contributed by atoms with Gasteiger partial charge in [0, 0.05) is 0 Å². The maximum Gasteiger partial charge on any atom is 0.335 e. The van der Waals surface area contributed by atoms with Crippen molar-refractivity contribution in [3.05, 3.63) is 89.2 Å². The third-order valence-electron chi connectivity index (χ3n) is 3.83. The van der Waals surface area contributed by atoms with Crippen LogP contribution in [0.25, 0.3) is 11.1 Å². The van der Waals surface area contributed by atoms with E-state index in [1.54, 1.807) is 6.07 Å². The van der Waals surface area contributed by atoms with E-state index in [9.17, 15) is 22.8 Å². The van der Waals surface area contributed by atoms with Crippen molar-refractivity contribution < 1.29 is 27.9 Å². The lowest BCUT2D eigenvalue weighted by Crippen LogP contribution is -2.15. The van der Waals surface area contributed by atoms with E-state index in [2.05, 4.69) is 5.32 Å². The van der Waals surface area contributed by atoms with E-state index >= 15 is 0 Å². The van der Waals surface area contributed by atoms with Crippen LogP contribution in [-0.4, -0.2) is 17.0 Å². The number of carbonyl (C=O) groups excluding carboxylic acids is 1. The van der Waals surface area contributed by atoms with E-state index in [4.69, 9.17) is 5.11 Å². The second kappa shape index (κ2) is 7.33. The molecule has 0 spiro atoms. The highest BCUT2D eigenvalue weighted by Gasteiger charge is 2.17. The summed E-state index contributed by atoms with van der Waals surface area (Å²) in [5, 5.41) is 11.1. The first-order chi connectivity index (χ1) is 12.8. The van der Waals surface area contributed by atoms with Crippen molar-refractivity contribution in [3.8, 4) is 11.1 Å². The topological polar surface area (TPSA) is 66.4 Å². The molecule has 2 N–H and O–H groups in total. The number of nitrogens with one attached hydrogen (secondary N) is 1. The van der Waals surface area contributed by atoms with Gasteiger partial charge in [-0.25, -0.2) is 18.0 Å². The summed E-state index contributed by atoms with van der Waals surface area (Å²) >= 11 is 0. The number of carbonyl (C=O) groups is 2. The van der Waals surface area contributed by atoms with E-state index in [0.717, 1.165) is 30.3 Å². The molecule has 0 aliphatic rings. The average Bonchev–Trinajstić information content (AvgIpc) is 2.63. The van der Waals surface area contributed by atoms with Crippen molar-refractivity contribution >= 4 is 17.6 Å². The van der Waals surface area contributed by atoms with E-state index in [-0.39, 0.29) is 22.4 Å². The molecular weight excluding hydrogens is 359 g/mol. The Bertz CT molecular complexity index is 1050. The van der Waals surface area contributed by atoms with E-state index < -0.39 is 29.3 Å². The number of halogens is 3. The van der Waals surface area contributed by atoms with Crippen molar-refractivity contribution in [1.29, 1.82) is 0 Å². The normalized spacial score (nSPS) is 10.5. The first-order valence-corrected chi connectivity index (χ1v) is 7.75. The monoisotopic (exact) mass is 371 g/mol. The number of amides is 1. The van der Waals surface area contributed by atoms with Crippen molar-refractivity contribution in [2.75, 3.05) is 5.32 Å². The second-order valence-corrected chi connectivity index (χ2v) is 5.65. The molecule has 0 aliphatic heterocycles. The minimum Gasteiger partial charge on any atom is -0.478 e. The number of hydrogen-bond donors (Lipinski definition) is 2. The van der Waals surface area contributed by atoms with Crippen LogP contribution in [0.2, 0.25) is 0 Å². The smallest absolute Gasteiger partial charge is 0.335 e. The summed E-state index contributed by atoms with van der Waals surface area (Å²) in [6.45, 7) is 0. The van der Waals surface area contributed by atoms with Crippen LogP contribution < -0.4 is 5.32 Å². The van der Waals surface area contributed by atoms with Crippen molar-refractivity contribution in [1.82, 2.24) is 0 Å². The largest absolute Gasteiger partial charge is 0.478 e. The van der Waals surface area contributed by atoms with Gasteiger partial charge < -0.3 is 10.4 Å². The van der Waals surface area contributed by atoms with Crippen LogP contribution in [-0.2, 0) is 0 Å². The highest BCUT2D eigenvalue weighted by Crippen LogP contribution is 2.27. The molecule has 3 aromatic carbocycles. The molecule has 0 atom stereocenters. The first-order valence-electron chi connectivity index (χ1n) is 7.75. The quantitative estimate of drug-likeness (QED) is 0.697. The molecule has 0 saturated heterocycles. The molecule has 3 aromatic rings. The number of carboxylic acids is 1. The van der Waals surface area contributed by atoms with Crippen LogP contribution in [0, 0.1) is 17.5 Å². The van der Waals surface area contributed by atoms with Crippen LogP contribution >= 0.6 is 0 Å². The summed E-state index contributed by atoms with van der Waals surface area (Å²) < 4.78 is 41.2. The fraction of sp³-hybridized carbons (Fsp3) is 0. The summed E-state index contributed by atoms with van der Waals surface area (Å²) in [5.41, 5.74) is -0.0590. The Kier molecular flexibility index (Phi) is 4.94. The molecule has 3 rings (SSSR count). The average molecular weight is 371 g/mol. The van der Waals surface area contributed by atoms with Gasteiger partial charge >= 0.3 is 5.97 Å². The Labute approximate surface area is 151 Å². The molecule has 27 heavy (non-hydrogen) atoms. The van der Waals surface area contributed by atoms with Gasteiger partial charge in [0.1, 0.15) is 17.5 Å². The molecule has 0 bridgehead atoms. The summed E-state index contributed by atoms with van der Waals surface area (Å²) in [6.07, 6.45) is 0. The van der Waals surface area contributed by atoms with E-state index in [1.807, 2.05) is 0 Å². The first kappa shape index (κ1) is 18.2. The Hall–Kier alpha value is -3.61. The van der Waals surface area contributed by atoms with Crippen molar-refractivity contribution in [2.24, 2.45) is 0 Å². The summed E-state index contributed by atoms with van der Waals surface area (Å²) in [7, 11) is 0. The van der Waals surface area contributed by atoms with Crippen molar-refractivity contribution in [2.45, 2.75) is 0 Å². The molecule has 1 amide bonds. The van der Waals surface area contributed by atoms with Crippen molar-refractivity contribution in [3.63, 3.8) is 0 Å². The lowest BCUT2D eigenvalue weighted by atomic mass is 9.98. The van der Waals surface area contributed by atoms with Crippen LogP contribution in [0.1, 0.15) is 20.7 Å². The Morgan fingerprint density at radius 1 is 0.852 bits per heavy atom. The van der Waals surface area contributed by atoms with Gasteiger partial charge in [0.05, 0.1) is 16.8 Å². The summed E-state index contributed by atoms with van der Waals surface area (Å²) in [4.78, 5) is 23.4. The number of aromatic carboxylic acids is 1. The molecule has 0 aliphatic carbocycles. The molecule has 4 nitrogen and oxygen atoms in total. The zero-order chi connectivity index (χ0) is 19.6. The summed E-state index contributed by atoms with van der Waals surface area (Å²) in [6, 6.07) is 11.8. The summed E-state index contributed by atoms with van der Waals surface area (Å²) in [5.74, 6) is -4.31. The third-order valence-corrected chi connectivity index (χ3v) is 3.83. The van der Waals surface area contributed by atoms with Gasteiger partial charge in [-0.3, -0.25) is 4.79 Å². The molecule has 0 aromatic heterocycles. The van der Waals surface area contributed by atoms with Gasteiger partial charge in [-0.2, -0.15) is 0 Å². The van der Waals surface area contributed by atoms with Gasteiger partial charge in [0.25, 0.3) is 5.91 Å². The molecular formula is C20H12F3NO3. The van der Waals surface area contributed by atoms with Crippen LogP contribution in [0.15, 0.2) is 60.7 Å². The van der Waals surface area contributed by atoms with Gasteiger partial charge in [-0.1, -0.05) is 18.2 Å². The molecule has 136 valence electrons. The molecule has 0 unspecified atom stereocenters. The third kappa shape index (κ3) is 3.98. The van der Waals surface area contributed by atoms with Gasteiger partial charge in [0.2, 0.25) is 0 Å². The standard InChI is InChI=1S/C20H12F3NO3/c21-13-3-1-2-11(8-13)15-6-5-14(22)10-16(15)19(25)24-18-7-4-12(20(26)27)9-17(18)23/h1-10H,(H,24,25)(H,26,27). The molecule has 0 heterocycles. The molecule has 0 fully saturated rings. The number of benzene rings is 3. The lowest BCUT2D eigenvalue weighted by molar-refractivity contribution is 0.0696. The van der Waals surface area contributed by atoms with E-state index in [0.29, 0.717) is 5.56 Å². The van der Waals surface area contributed by atoms with Gasteiger partial charge in [0.15, 0.2) is 0 Å². The molecule has 0 radical (unpaired) electrons. The zero-order valence-electron chi connectivity index (χ0n) is 13.7. The molecule has 0 saturated carbocycles. The SMILES string of the molecule is O=C(O)c1ccc(NC(=O)c2cc(F)ccc2-c2cccc(F)c2)c(F)c1. The second-order valence-electron chi connectivity index (χ2n) is 5.65. The van der Waals surface area contributed by atoms with E-state index in [1.165, 1.54) is 24.3 Å². The minimum absolute atomic E-state index is 0.123.